The van der Waals surface area contributed by atoms with E-state index < -0.39 is 0 Å². The Kier molecular flexibility index (Phi) is 7.93. The molecule has 0 aliphatic heterocycles. The Balaban J connectivity index is 1.62. The third-order valence-electron chi connectivity index (χ3n) is 5.04. The maximum atomic E-state index is 5.92. The van der Waals surface area contributed by atoms with Crippen LogP contribution in [-0.4, -0.2) is 54.2 Å². The summed E-state index contributed by atoms with van der Waals surface area (Å²) in [5, 5.41) is 11.2. The van der Waals surface area contributed by atoms with Crippen molar-refractivity contribution in [2.75, 3.05) is 18.9 Å². The Morgan fingerprint density at radius 2 is 1.91 bits per heavy atom. The van der Waals surface area contributed by atoms with Gasteiger partial charge in [-0.1, -0.05) is 17.7 Å². The molecule has 4 aromatic rings. The largest absolute Gasteiger partial charge is 0.481 e. The van der Waals surface area contributed by atoms with Gasteiger partial charge >= 0.3 is 0 Å². The van der Waals surface area contributed by atoms with Crippen LogP contribution in [0.15, 0.2) is 41.5 Å². The molecule has 0 aliphatic rings. The van der Waals surface area contributed by atoms with Crippen LogP contribution in [0.3, 0.4) is 0 Å². The minimum absolute atomic E-state index is 0.0655. The zero-order chi connectivity index (χ0) is 24.1. The van der Waals surface area contributed by atoms with Crippen LogP contribution in [0.2, 0.25) is 5.02 Å². The third-order valence-corrected chi connectivity index (χ3v) is 6.75. The summed E-state index contributed by atoms with van der Waals surface area (Å²) in [5.41, 5.74) is 3.35. The van der Waals surface area contributed by atoms with E-state index in [-0.39, 0.29) is 17.4 Å². The summed E-state index contributed by atoms with van der Waals surface area (Å²) < 4.78 is 16.2. The summed E-state index contributed by atoms with van der Waals surface area (Å²) in [5.74, 6) is 2.20. The minimum Gasteiger partial charge on any atom is -0.481 e. The molecule has 0 saturated carbocycles. The zero-order valence-electron chi connectivity index (χ0n) is 18.9. The van der Waals surface area contributed by atoms with Gasteiger partial charge in [-0.25, -0.2) is 19.9 Å². The molecule has 34 heavy (non-hydrogen) atoms. The molecule has 0 saturated heterocycles. The predicted molar refractivity (Wildman–Crippen MR) is 133 cm³/mol. The van der Waals surface area contributed by atoms with Gasteiger partial charge in [-0.05, 0) is 31.9 Å². The lowest BCUT2D eigenvalue weighted by Crippen LogP contribution is -2.19. The molecule has 4 rings (SSSR count). The highest BCUT2D eigenvalue weighted by Gasteiger charge is 2.26. The Labute approximate surface area is 210 Å². The lowest BCUT2D eigenvalue weighted by molar-refractivity contribution is 0.0972. The van der Waals surface area contributed by atoms with Crippen LogP contribution in [0.25, 0.3) is 11.5 Å². The van der Waals surface area contributed by atoms with Gasteiger partial charge in [-0.2, -0.15) is 0 Å². The summed E-state index contributed by atoms with van der Waals surface area (Å²) in [4.78, 5) is 17.6. The maximum absolute atomic E-state index is 5.92. The van der Waals surface area contributed by atoms with E-state index in [1.807, 2.05) is 35.9 Å². The van der Waals surface area contributed by atoms with Crippen LogP contribution < -0.4 is 9.46 Å². The first-order chi connectivity index (χ1) is 16.5. The Hall–Kier alpha value is -2.80. The van der Waals surface area contributed by atoms with Crippen molar-refractivity contribution >= 4 is 40.8 Å². The summed E-state index contributed by atoms with van der Waals surface area (Å²) in [6.45, 7) is 4.06. The molecule has 178 valence electrons. The van der Waals surface area contributed by atoms with E-state index in [0.717, 1.165) is 5.69 Å². The van der Waals surface area contributed by atoms with Crippen LogP contribution in [0.1, 0.15) is 37.5 Å². The highest BCUT2D eigenvalue weighted by atomic mass is 35.5. The normalized spacial score (nSPS) is 13.9. The van der Waals surface area contributed by atoms with E-state index in [2.05, 4.69) is 34.9 Å². The molecule has 0 aromatic carbocycles. The molecule has 3 atom stereocenters. The number of thiazole rings is 1. The first-order valence-corrected chi connectivity index (χ1v) is 12.5. The fourth-order valence-corrected chi connectivity index (χ4v) is 4.82. The lowest BCUT2D eigenvalue weighted by atomic mass is 10.2. The SMILES string of the molecule is COc1cccc(-c2nnc(NSC(C)C(OC)c3ncc(Cl)cn3)n2[C@@H](C)c2cscn2)n1. The molecular weight excluding hydrogens is 496 g/mol. The van der Waals surface area contributed by atoms with Crippen LogP contribution in [0, 0.1) is 0 Å². The van der Waals surface area contributed by atoms with Gasteiger partial charge in [0.25, 0.3) is 0 Å². The number of hydrogen-bond donors (Lipinski definition) is 1. The highest BCUT2D eigenvalue weighted by Crippen LogP contribution is 2.32. The molecule has 0 bridgehead atoms. The van der Waals surface area contributed by atoms with Crippen molar-refractivity contribution in [3.63, 3.8) is 0 Å². The van der Waals surface area contributed by atoms with E-state index in [1.165, 1.54) is 23.3 Å². The second-order valence-corrected chi connectivity index (χ2v) is 9.55. The average molecular weight is 519 g/mol. The van der Waals surface area contributed by atoms with Gasteiger partial charge < -0.3 is 9.47 Å². The van der Waals surface area contributed by atoms with Gasteiger partial charge in [0, 0.05) is 30.9 Å². The van der Waals surface area contributed by atoms with E-state index >= 15 is 0 Å². The number of halogens is 1. The monoisotopic (exact) mass is 518 g/mol. The van der Waals surface area contributed by atoms with E-state index in [9.17, 15) is 0 Å². The highest BCUT2D eigenvalue weighted by molar-refractivity contribution is 8.01. The maximum Gasteiger partial charge on any atom is 0.235 e. The van der Waals surface area contributed by atoms with Gasteiger partial charge in [0.15, 0.2) is 11.6 Å². The Bertz CT molecular complexity index is 1210. The fraction of sp³-hybridized carbons (Fsp3) is 0.333. The number of aromatic nitrogens is 7. The Morgan fingerprint density at radius 3 is 2.59 bits per heavy atom. The molecule has 0 spiro atoms. The van der Waals surface area contributed by atoms with Gasteiger partial charge in [0.1, 0.15) is 11.8 Å². The van der Waals surface area contributed by atoms with Crippen LogP contribution in [-0.2, 0) is 4.74 Å². The van der Waals surface area contributed by atoms with Gasteiger partial charge in [0.05, 0.1) is 34.6 Å². The number of nitrogens with one attached hydrogen (secondary N) is 1. The van der Waals surface area contributed by atoms with Crippen molar-refractivity contribution in [3.8, 4) is 17.4 Å². The third kappa shape index (κ3) is 5.30. The standard InChI is InChI=1S/C21H23ClN8O2S2/c1-12(16-10-33-11-25-16)30-20(15-6-5-7-17(26-15)31-3)27-28-21(30)29-34-13(2)18(32-4)19-23-8-14(22)9-24-19/h5-13,18H,1-4H3,(H,28,29)/t12-,13?,18?/m0/s1. The second kappa shape index (κ2) is 11.1. The van der Waals surface area contributed by atoms with Crippen molar-refractivity contribution in [2.45, 2.75) is 31.2 Å². The molecule has 13 heteroatoms. The number of pyridine rings is 1. The molecule has 0 amide bonds. The number of ether oxygens (including phenoxy) is 2. The number of hydrogen-bond acceptors (Lipinski definition) is 11. The molecule has 0 fully saturated rings. The number of methoxy groups -OCH3 is 2. The topological polar surface area (TPSA) is 113 Å². The molecule has 0 aliphatic carbocycles. The molecule has 4 heterocycles. The quantitative estimate of drug-likeness (QED) is 0.296. The molecule has 10 nitrogen and oxygen atoms in total. The van der Waals surface area contributed by atoms with Crippen LogP contribution >= 0.6 is 34.9 Å². The molecular formula is C21H23ClN8O2S2. The predicted octanol–water partition coefficient (Wildman–Crippen LogP) is 4.69. The first kappa shape index (κ1) is 24.3. The van der Waals surface area contributed by atoms with Gasteiger partial charge in [-0.15, -0.1) is 21.5 Å². The van der Waals surface area contributed by atoms with Crippen LogP contribution in [0.4, 0.5) is 5.95 Å². The molecule has 2 unspecified atom stereocenters. The van der Waals surface area contributed by atoms with Crippen molar-refractivity contribution in [3.05, 3.63) is 58.0 Å². The first-order valence-electron chi connectivity index (χ1n) is 10.3. The smallest absolute Gasteiger partial charge is 0.235 e. The molecule has 4 aromatic heterocycles. The van der Waals surface area contributed by atoms with E-state index in [4.69, 9.17) is 21.1 Å². The summed E-state index contributed by atoms with van der Waals surface area (Å²) in [6, 6.07) is 5.39. The second-order valence-electron chi connectivity index (χ2n) is 7.21. The van der Waals surface area contributed by atoms with Crippen LogP contribution in [0.5, 0.6) is 5.88 Å². The van der Waals surface area contributed by atoms with E-state index in [0.29, 0.717) is 34.2 Å². The zero-order valence-corrected chi connectivity index (χ0v) is 21.3. The van der Waals surface area contributed by atoms with Gasteiger partial charge in [-0.3, -0.25) is 9.29 Å². The number of nitrogens with zero attached hydrogens (tertiary/aromatic N) is 7. The summed E-state index contributed by atoms with van der Waals surface area (Å²) in [7, 11) is 3.20. The Morgan fingerprint density at radius 1 is 1.12 bits per heavy atom. The van der Waals surface area contributed by atoms with E-state index in [1.54, 1.807) is 38.2 Å². The average Bonchev–Trinajstić information content (AvgIpc) is 3.54. The molecule has 0 radical (unpaired) electrons. The summed E-state index contributed by atoms with van der Waals surface area (Å²) >= 11 is 8.89. The fourth-order valence-electron chi connectivity index (χ4n) is 3.30. The van der Waals surface area contributed by atoms with Crippen molar-refractivity contribution in [1.82, 2.24) is 34.7 Å². The minimum atomic E-state index is -0.360. The number of rotatable bonds is 10. The van der Waals surface area contributed by atoms with Crippen molar-refractivity contribution in [2.24, 2.45) is 0 Å². The number of anilines is 1. The van der Waals surface area contributed by atoms with Crippen molar-refractivity contribution < 1.29 is 9.47 Å². The lowest BCUT2D eigenvalue weighted by Gasteiger charge is -2.22. The molecule has 1 N–H and O–H groups in total. The summed E-state index contributed by atoms with van der Waals surface area (Å²) in [6.07, 6.45) is 2.75. The van der Waals surface area contributed by atoms with Crippen molar-refractivity contribution in [1.29, 1.82) is 0 Å². The van der Waals surface area contributed by atoms with Gasteiger partial charge in [0.2, 0.25) is 11.8 Å².